The maximum atomic E-state index is 11.1. The quantitative estimate of drug-likeness (QED) is 0.943. The standard InChI is InChI=1S/C19H20O3/c1-14(15-8-10-17(21-2)11-9-15)18-12-22-13-19(18,20)16-6-4-3-5-7-16/h3-11,20H,12-13H2,1-2H3/b18-14+/t19-/m1/s1. The van der Waals surface area contributed by atoms with Crippen LogP contribution in [-0.4, -0.2) is 25.4 Å². The molecule has 1 heterocycles. The van der Waals surface area contributed by atoms with Crippen LogP contribution in [0, 0.1) is 0 Å². The minimum absolute atomic E-state index is 0.292. The van der Waals surface area contributed by atoms with Crippen LogP contribution in [0.4, 0.5) is 0 Å². The highest BCUT2D eigenvalue weighted by atomic mass is 16.5. The van der Waals surface area contributed by atoms with Gasteiger partial charge in [0, 0.05) is 0 Å². The number of rotatable bonds is 3. The summed E-state index contributed by atoms with van der Waals surface area (Å²) >= 11 is 0. The van der Waals surface area contributed by atoms with Crippen molar-refractivity contribution in [2.24, 2.45) is 0 Å². The fraction of sp³-hybridized carbons (Fsp3) is 0.263. The van der Waals surface area contributed by atoms with Crippen LogP contribution in [0.1, 0.15) is 18.1 Å². The van der Waals surface area contributed by atoms with Gasteiger partial charge in [-0.15, -0.1) is 0 Å². The zero-order valence-electron chi connectivity index (χ0n) is 12.9. The van der Waals surface area contributed by atoms with Crippen LogP contribution in [0.15, 0.2) is 60.2 Å². The third-order valence-corrected chi connectivity index (χ3v) is 4.28. The van der Waals surface area contributed by atoms with Gasteiger partial charge in [0.05, 0.1) is 20.3 Å². The van der Waals surface area contributed by atoms with Crippen molar-refractivity contribution in [2.45, 2.75) is 12.5 Å². The van der Waals surface area contributed by atoms with Crippen molar-refractivity contribution in [1.29, 1.82) is 0 Å². The average Bonchev–Trinajstić information content (AvgIpc) is 2.98. The van der Waals surface area contributed by atoms with Crippen molar-refractivity contribution in [1.82, 2.24) is 0 Å². The van der Waals surface area contributed by atoms with E-state index in [-0.39, 0.29) is 0 Å². The molecule has 1 fully saturated rings. The van der Waals surface area contributed by atoms with Gasteiger partial charge in [0.25, 0.3) is 0 Å². The summed E-state index contributed by atoms with van der Waals surface area (Å²) in [6.07, 6.45) is 0. The number of hydrogen-bond donors (Lipinski definition) is 1. The molecule has 1 N–H and O–H groups in total. The van der Waals surface area contributed by atoms with Crippen molar-refractivity contribution in [3.8, 4) is 5.75 Å². The first-order chi connectivity index (χ1) is 10.6. The van der Waals surface area contributed by atoms with Gasteiger partial charge >= 0.3 is 0 Å². The van der Waals surface area contributed by atoms with E-state index in [0.29, 0.717) is 13.2 Å². The number of benzene rings is 2. The molecule has 1 saturated heterocycles. The van der Waals surface area contributed by atoms with Gasteiger partial charge in [-0.25, -0.2) is 0 Å². The summed E-state index contributed by atoms with van der Waals surface area (Å²) in [6.45, 7) is 2.77. The molecule has 2 aromatic carbocycles. The smallest absolute Gasteiger partial charge is 0.137 e. The topological polar surface area (TPSA) is 38.7 Å². The molecule has 2 aromatic rings. The van der Waals surface area contributed by atoms with Gasteiger partial charge in [-0.2, -0.15) is 0 Å². The van der Waals surface area contributed by atoms with E-state index in [9.17, 15) is 5.11 Å². The third-order valence-electron chi connectivity index (χ3n) is 4.28. The second-order valence-electron chi connectivity index (χ2n) is 5.55. The SMILES string of the molecule is COc1ccc(/C(C)=C2\COC[C@@]2(O)c2ccccc2)cc1. The minimum Gasteiger partial charge on any atom is -0.497 e. The van der Waals surface area contributed by atoms with Crippen molar-refractivity contribution >= 4 is 5.57 Å². The van der Waals surface area contributed by atoms with Gasteiger partial charge in [0.2, 0.25) is 0 Å². The molecule has 0 bridgehead atoms. The predicted octanol–water partition coefficient (Wildman–Crippen LogP) is 3.39. The molecule has 0 unspecified atom stereocenters. The summed E-state index contributed by atoms with van der Waals surface area (Å²) in [5.41, 5.74) is 2.85. The minimum atomic E-state index is -1.05. The summed E-state index contributed by atoms with van der Waals surface area (Å²) in [7, 11) is 1.65. The second kappa shape index (κ2) is 5.95. The van der Waals surface area contributed by atoms with E-state index in [1.54, 1.807) is 7.11 Å². The van der Waals surface area contributed by atoms with E-state index >= 15 is 0 Å². The van der Waals surface area contributed by atoms with Gasteiger partial charge in [-0.3, -0.25) is 0 Å². The van der Waals surface area contributed by atoms with E-state index in [1.807, 2.05) is 61.5 Å². The van der Waals surface area contributed by atoms with Crippen molar-refractivity contribution in [3.05, 3.63) is 71.3 Å². The van der Waals surface area contributed by atoms with Crippen LogP contribution in [0.3, 0.4) is 0 Å². The summed E-state index contributed by atoms with van der Waals surface area (Å²) in [6, 6.07) is 17.6. The van der Waals surface area contributed by atoms with E-state index in [2.05, 4.69) is 0 Å². The molecular weight excluding hydrogens is 276 g/mol. The fourth-order valence-electron chi connectivity index (χ4n) is 2.91. The summed E-state index contributed by atoms with van der Waals surface area (Å²) in [5.74, 6) is 0.822. The van der Waals surface area contributed by atoms with Crippen LogP contribution >= 0.6 is 0 Å². The first-order valence-electron chi connectivity index (χ1n) is 7.35. The molecule has 3 nitrogen and oxygen atoms in total. The number of allylic oxidation sites excluding steroid dienone is 1. The van der Waals surface area contributed by atoms with Gasteiger partial charge in [-0.1, -0.05) is 42.5 Å². The number of aliphatic hydroxyl groups is 1. The van der Waals surface area contributed by atoms with Gasteiger partial charge < -0.3 is 14.6 Å². The predicted molar refractivity (Wildman–Crippen MR) is 86.7 cm³/mol. The molecule has 114 valence electrons. The van der Waals surface area contributed by atoms with Gasteiger partial charge in [0.1, 0.15) is 11.4 Å². The Morgan fingerprint density at radius 3 is 2.41 bits per heavy atom. The Morgan fingerprint density at radius 2 is 1.77 bits per heavy atom. The Kier molecular flexibility index (Phi) is 4.01. The van der Waals surface area contributed by atoms with Crippen molar-refractivity contribution in [2.75, 3.05) is 20.3 Å². The number of ether oxygens (including phenoxy) is 2. The Labute approximate surface area is 130 Å². The van der Waals surface area contributed by atoms with Crippen molar-refractivity contribution < 1.29 is 14.6 Å². The maximum Gasteiger partial charge on any atom is 0.137 e. The average molecular weight is 296 g/mol. The van der Waals surface area contributed by atoms with Crippen LogP contribution in [0.5, 0.6) is 5.75 Å². The normalized spacial score (nSPS) is 23.4. The van der Waals surface area contributed by atoms with Crippen molar-refractivity contribution in [3.63, 3.8) is 0 Å². The molecule has 3 rings (SSSR count). The lowest BCUT2D eigenvalue weighted by Crippen LogP contribution is -2.28. The molecular formula is C19H20O3. The maximum absolute atomic E-state index is 11.1. The summed E-state index contributed by atoms with van der Waals surface area (Å²) in [4.78, 5) is 0. The highest BCUT2D eigenvalue weighted by molar-refractivity contribution is 5.70. The van der Waals surface area contributed by atoms with Crippen LogP contribution < -0.4 is 4.74 Å². The molecule has 0 radical (unpaired) electrons. The number of methoxy groups -OCH3 is 1. The Hall–Kier alpha value is -2.10. The van der Waals surface area contributed by atoms with E-state index in [0.717, 1.165) is 28.0 Å². The fourth-order valence-corrected chi connectivity index (χ4v) is 2.91. The molecule has 0 amide bonds. The highest BCUT2D eigenvalue weighted by Gasteiger charge is 2.40. The first-order valence-corrected chi connectivity index (χ1v) is 7.35. The first kappa shape index (κ1) is 14.8. The molecule has 22 heavy (non-hydrogen) atoms. The Balaban J connectivity index is 2.03. The van der Waals surface area contributed by atoms with Gasteiger partial charge in [0.15, 0.2) is 0 Å². The van der Waals surface area contributed by atoms with Crippen LogP contribution in [0.2, 0.25) is 0 Å². The lowest BCUT2D eigenvalue weighted by atomic mass is 9.84. The third kappa shape index (κ3) is 2.54. The molecule has 3 heteroatoms. The Morgan fingerprint density at radius 1 is 1.09 bits per heavy atom. The molecule has 0 aliphatic carbocycles. The highest BCUT2D eigenvalue weighted by Crippen LogP contribution is 2.39. The lowest BCUT2D eigenvalue weighted by molar-refractivity contribution is 0.0401. The molecule has 0 saturated carbocycles. The van der Waals surface area contributed by atoms with Crippen LogP contribution in [0.25, 0.3) is 5.57 Å². The molecule has 1 aliphatic rings. The number of hydrogen-bond acceptors (Lipinski definition) is 3. The Bertz CT molecular complexity index is 674. The molecule has 0 spiro atoms. The van der Waals surface area contributed by atoms with Gasteiger partial charge in [-0.05, 0) is 41.3 Å². The molecule has 1 aliphatic heterocycles. The zero-order valence-corrected chi connectivity index (χ0v) is 12.9. The summed E-state index contributed by atoms with van der Waals surface area (Å²) < 4.78 is 10.8. The molecule has 0 aromatic heterocycles. The zero-order chi connectivity index (χ0) is 15.6. The van der Waals surface area contributed by atoms with E-state index in [1.165, 1.54) is 0 Å². The van der Waals surface area contributed by atoms with E-state index < -0.39 is 5.60 Å². The summed E-state index contributed by atoms with van der Waals surface area (Å²) in [5, 5.41) is 11.1. The monoisotopic (exact) mass is 296 g/mol. The van der Waals surface area contributed by atoms with E-state index in [4.69, 9.17) is 9.47 Å². The van der Waals surface area contributed by atoms with Crippen LogP contribution in [-0.2, 0) is 10.3 Å². The largest absolute Gasteiger partial charge is 0.497 e. The second-order valence-corrected chi connectivity index (χ2v) is 5.55. The lowest BCUT2D eigenvalue weighted by Gasteiger charge is -2.25. The molecule has 1 atom stereocenters.